The Hall–Kier alpha value is -2.11. The van der Waals surface area contributed by atoms with Crippen LogP contribution in [0.3, 0.4) is 0 Å². The van der Waals surface area contributed by atoms with Crippen LogP contribution in [0.25, 0.3) is 0 Å². The highest BCUT2D eigenvalue weighted by molar-refractivity contribution is 6.29. The number of halogens is 1. The number of nitrogens with zero attached hydrogens (tertiary/aromatic N) is 2. The first-order chi connectivity index (χ1) is 12.6. The number of benzene rings is 1. The fraction of sp³-hybridized carbons (Fsp3) is 0.400. The van der Waals surface area contributed by atoms with E-state index in [1.54, 1.807) is 17.2 Å². The van der Waals surface area contributed by atoms with E-state index >= 15 is 0 Å². The molecule has 136 valence electrons. The summed E-state index contributed by atoms with van der Waals surface area (Å²) in [5.41, 5.74) is 2.51. The summed E-state index contributed by atoms with van der Waals surface area (Å²) in [6.45, 7) is 1.02. The van der Waals surface area contributed by atoms with Crippen LogP contribution in [0.4, 0.5) is 0 Å². The molecule has 2 heterocycles. The van der Waals surface area contributed by atoms with Crippen LogP contribution < -0.4 is 4.74 Å². The molecule has 26 heavy (non-hydrogen) atoms. The zero-order valence-electron chi connectivity index (χ0n) is 14.4. The van der Waals surface area contributed by atoms with E-state index in [9.17, 15) is 9.90 Å². The number of aromatic nitrogens is 1. The maximum Gasteiger partial charge on any atom is 0.258 e. The fourth-order valence-corrected chi connectivity index (χ4v) is 3.82. The summed E-state index contributed by atoms with van der Waals surface area (Å²) in [5.74, 6) is 0.533. The summed E-state index contributed by atoms with van der Waals surface area (Å²) in [7, 11) is 0. The molecule has 1 fully saturated rings. The van der Waals surface area contributed by atoms with Crippen LogP contribution in [0.5, 0.6) is 5.75 Å². The highest BCUT2D eigenvalue weighted by Gasteiger charge is 2.33. The number of hydrogen-bond donors (Lipinski definition) is 1. The van der Waals surface area contributed by atoms with Crippen molar-refractivity contribution in [2.45, 2.75) is 51.0 Å². The van der Waals surface area contributed by atoms with Gasteiger partial charge in [-0.15, -0.1) is 0 Å². The van der Waals surface area contributed by atoms with Gasteiger partial charge in [0, 0.05) is 19.3 Å². The van der Waals surface area contributed by atoms with Gasteiger partial charge in [-0.25, -0.2) is 4.98 Å². The number of rotatable bonds is 4. The van der Waals surface area contributed by atoms with Crippen molar-refractivity contribution in [3.63, 3.8) is 0 Å². The number of pyridine rings is 1. The first-order valence-corrected chi connectivity index (χ1v) is 9.36. The second-order valence-corrected chi connectivity index (χ2v) is 7.34. The topological polar surface area (TPSA) is 62.7 Å². The number of amides is 1. The van der Waals surface area contributed by atoms with Gasteiger partial charge in [0.2, 0.25) is 0 Å². The monoisotopic (exact) mass is 372 g/mol. The highest BCUT2D eigenvalue weighted by atomic mass is 35.5. The maximum absolute atomic E-state index is 12.9. The molecule has 1 N–H and O–H groups in total. The first kappa shape index (κ1) is 17.3. The quantitative estimate of drug-likeness (QED) is 0.833. The summed E-state index contributed by atoms with van der Waals surface area (Å²) in [5, 5.41) is 10.6. The summed E-state index contributed by atoms with van der Waals surface area (Å²) in [6, 6.07) is 9.29. The van der Waals surface area contributed by atoms with Crippen molar-refractivity contribution in [2.24, 2.45) is 0 Å². The Labute approximate surface area is 157 Å². The molecule has 2 atom stereocenters. The molecular formula is C20H21ClN2O3. The molecule has 0 unspecified atom stereocenters. The Kier molecular flexibility index (Phi) is 4.83. The SMILES string of the molecule is O=C1c2c(cccc2O[C@@H]2CCCC[C@H]2O)CN1Cc1ccc(Cl)nc1. The maximum atomic E-state index is 12.9. The second-order valence-electron chi connectivity index (χ2n) is 6.95. The third-order valence-corrected chi connectivity index (χ3v) is 5.31. The minimum Gasteiger partial charge on any atom is -0.487 e. The molecule has 1 aliphatic carbocycles. The van der Waals surface area contributed by atoms with E-state index in [2.05, 4.69) is 4.98 Å². The van der Waals surface area contributed by atoms with E-state index in [1.807, 2.05) is 24.3 Å². The summed E-state index contributed by atoms with van der Waals surface area (Å²) in [6.07, 6.45) is 4.62. The molecule has 1 aliphatic heterocycles. The fourth-order valence-electron chi connectivity index (χ4n) is 3.71. The van der Waals surface area contributed by atoms with Crippen LogP contribution in [0.1, 0.15) is 47.2 Å². The lowest BCUT2D eigenvalue weighted by atomic mass is 9.94. The molecule has 2 aliphatic rings. The molecular weight excluding hydrogens is 352 g/mol. The van der Waals surface area contributed by atoms with Gasteiger partial charge >= 0.3 is 0 Å². The van der Waals surface area contributed by atoms with Crippen molar-refractivity contribution in [1.82, 2.24) is 9.88 Å². The first-order valence-electron chi connectivity index (χ1n) is 8.98. The third kappa shape index (κ3) is 3.41. The summed E-state index contributed by atoms with van der Waals surface area (Å²) >= 11 is 5.83. The Balaban J connectivity index is 1.53. The minimum atomic E-state index is -0.465. The molecule has 1 amide bonds. The molecule has 2 aromatic rings. The normalized spacial score (nSPS) is 22.4. The molecule has 6 heteroatoms. The van der Waals surface area contributed by atoms with Gasteiger partial charge in [-0.3, -0.25) is 4.79 Å². The Morgan fingerprint density at radius 2 is 2.08 bits per heavy atom. The van der Waals surface area contributed by atoms with E-state index in [-0.39, 0.29) is 12.0 Å². The van der Waals surface area contributed by atoms with Crippen LogP contribution in [0.2, 0.25) is 5.15 Å². The van der Waals surface area contributed by atoms with Gasteiger partial charge in [0.25, 0.3) is 5.91 Å². The average Bonchev–Trinajstić information content (AvgIpc) is 2.96. The van der Waals surface area contributed by atoms with Crippen molar-refractivity contribution in [1.29, 1.82) is 0 Å². The Morgan fingerprint density at radius 1 is 1.23 bits per heavy atom. The Morgan fingerprint density at radius 3 is 2.85 bits per heavy atom. The number of hydrogen-bond acceptors (Lipinski definition) is 4. The largest absolute Gasteiger partial charge is 0.487 e. The van der Waals surface area contributed by atoms with Crippen LogP contribution in [-0.4, -0.2) is 33.1 Å². The van der Waals surface area contributed by atoms with Crippen molar-refractivity contribution in [3.05, 3.63) is 58.4 Å². The average molecular weight is 373 g/mol. The number of fused-ring (bicyclic) bond motifs is 1. The number of carbonyl (C=O) groups is 1. The number of ether oxygens (including phenoxy) is 1. The van der Waals surface area contributed by atoms with Crippen molar-refractivity contribution in [3.8, 4) is 5.75 Å². The molecule has 0 bridgehead atoms. The lowest BCUT2D eigenvalue weighted by Crippen LogP contribution is -2.35. The van der Waals surface area contributed by atoms with E-state index in [0.29, 0.717) is 29.6 Å². The summed E-state index contributed by atoms with van der Waals surface area (Å²) < 4.78 is 6.07. The molecule has 0 radical (unpaired) electrons. The molecule has 0 spiro atoms. The van der Waals surface area contributed by atoms with Crippen molar-refractivity contribution in [2.75, 3.05) is 0 Å². The number of carbonyl (C=O) groups excluding carboxylic acids is 1. The molecule has 5 nitrogen and oxygen atoms in total. The van der Waals surface area contributed by atoms with Crippen LogP contribution in [-0.2, 0) is 13.1 Å². The van der Waals surface area contributed by atoms with Crippen molar-refractivity contribution >= 4 is 17.5 Å². The second kappa shape index (κ2) is 7.25. The van der Waals surface area contributed by atoms with E-state index in [4.69, 9.17) is 16.3 Å². The van der Waals surface area contributed by atoms with Gasteiger partial charge in [-0.1, -0.05) is 36.2 Å². The van der Waals surface area contributed by atoms with E-state index in [1.165, 1.54) is 0 Å². The molecule has 0 saturated heterocycles. The smallest absolute Gasteiger partial charge is 0.258 e. The number of aliphatic hydroxyl groups excluding tert-OH is 1. The highest BCUT2D eigenvalue weighted by Crippen LogP contribution is 2.34. The lowest BCUT2D eigenvalue weighted by molar-refractivity contribution is 0.00636. The predicted octanol–water partition coefficient (Wildman–Crippen LogP) is 3.57. The van der Waals surface area contributed by atoms with Crippen LogP contribution in [0.15, 0.2) is 36.5 Å². The lowest BCUT2D eigenvalue weighted by Gasteiger charge is -2.28. The molecule has 1 aromatic carbocycles. The van der Waals surface area contributed by atoms with E-state index in [0.717, 1.165) is 36.8 Å². The van der Waals surface area contributed by atoms with Crippen molar-refractivity contribution < 1.29 is 14.6 Å². The standard InChI is InChI=1S/C20H21ClN2O3/c21-18-9-8-13(10-22-18)11-23-12-14-4-3-7-17(19(14)20(23)25)26-16-6-2-1-5-15(16)24/h3-4,7-10,15-16,24H,1-2,5-6,11-12H2/t15-,16-/m1/s1. The molecule has 4 rings (SSSR count). The van der Waals surface area contributed by atoms with Gasteiger partial charge in [-0.2, -0.15) is 0 Å². The minimum absolute atomic E-state index is 0.0455. The van der Waals surface area contributed by atoms with Gasteiger partial charge in [-0.05, 0) is 42.5 Å². The van der Waals surface area contributed by atoms with Gasteiger partial charge in [0.15, 0.2) is 0 Å². The van der Waals surface area contributed by atoms with Gasteiger partial charge < -0.3 is 14.7 Å². The molecule has 1 saturated carbocycles. The van der Waals surface area contributed by atoms with Gasteiger partial charge in [0.05, 0.1) is 11.7 Å². The van der Waals surface area contributed by atoms with Gasteiger partial charge in [0.1, 0.15) is 17.0 Å². The zero-order valence-corrected chi connectivity index (χ0v) is 15.2. The zero-order chi connectivity index (χ0) is 18.1. The number of aliphatic hydroxyl groups is 1. The van der Waals surface area contributed by atoms with Crippen LogP contribution in [0, 0.1) is 0 Å². The van der Waals surface area contributed by atoms with Crippen LogP contribution >= 0.6 is 11.6 Å². The Bertz CT molecular complexity index is 809. The summed E-state index contributed by atoms with van der Waals surface area (Å²) in [4.78, 5) is 18.8. The molecule has 1 aromatic heterocycles. The third-order valence-electron chi connectivity index (χ3n) is 5.08. The van der Waals surface area contributed by atoms with E-state index < -0.39 is 6.10 Å². The predicted molar refractivity (Wildman–Crippen MR) is 98.2 cm³/mol.